The molecule has 4 aliphatic rings. The molecule has 36 heavy (non-hydrogen) atoms. The second kappa shape index (κ2) is 9.65. The number of nitrogens with zero attached hydrogens (tertiary/aromatic N) is 3. The standard InChI is InChI=1S/C27H33ClN6O2/c1-16-10-17(7-8-29-16)25-22-12-19-14-34(27(36)30-23(19)13-24(22)31-32-25)21-6-3-9-33(15-21)26(35)18-4-2-5-20(28)11-18/h2,4-5,7-8,10-11,19,21-25,31-32H,3,6,9,12-15H2,1H3,(H,30,36)/t19?,21-,22?,23?,24?,25?/m1/s1. The minimum Gasteiger partial charge on any atom is -0.337 e. The van der Waals surface area contributed by atoms with Crippen LogP contribution in [0.2, 0.25) is 5.02 Å². The van der Waals surface area contributed by atoms with E-state index in [1.165, 1.54) is 5.56 Å². The zero-order valence-electron chi connectivity index (χ0n) is 20.5. The molecule has 8 nitrogen and oxygen atoms in total. The van der Waals surface area contributed by atoms with Gasteiger partial charge in [-0.15, -0.1) is 0 Å². The lowest BCUT2D eigenvalue weighted by molar-refractivity contribution is 0.0445. The Balaban J connectivity index is 1.15. The highest BCUT2D eigenvalue weighted by molar-refractivity contribution is 6.30. The molecule has 9 heteroatoms. The van der Waals surface area contributed by atoms with Gasteiger partial charge < -0.3 is 15.1 Å². The number of benzene rings is 1. The van der Waals surface area contributed by atoms with E-state index in [0.29, 0.717) is 41.6 Å². The Morgan fingerprint density at radius 2 is 2.00 bits per heavy atom. The van der Waals surface area contributed by atoms with E-state index in [1.54, 1.807) is 24.3 Å². The first-order valence-electron chi connectivity index (χ1n) is 13.0. The van der Waals surface area contributed by atoms with Gasteiger partial charge in [0.05, 0.1) is 12.1 Å². The number of fused-ring (bicyclic) bond motifs is 2. The predicted molar refractivity (Wildman–Crippen MR) is 137 cm³/mol. The number of pyridine rings is 1. The first kappa shape index (κ1) is 23.7. The van der Waals surface area contributed by atoms with Gasteiger partial charge in [0.1, 0.15) is 0 Å². The number of amides is 3. The van der Waals surface area contributed by atoms with Crippen molar-refractivity contribution in [2.24, 2.45) is 11.8 Å². The Hall–Kier alpha value is -2.68. The highest BCUT2D eigenvalue weighted by Crippen LogP contribution is 2.42. The number of aryl methyl sites for hydroxylation is 1. The molecule has 4 heterocycles. The first-order valence-corrected chi connectivity index (χ1v) is 13.4. The summed E-state index contributed by atoms with van der Waals surface area (Å²) in [7, 11) is 0. The van der Waals surface area contributed by atoms with Crippen LogP contribution in [0, 0.1) is 18.8 Å². The number of likely N-dealkylation sites (tertiary alicyclic amines) is 1. The summed E-state index contributed by atoms with van der Waals surface area (Å²) in [5, 5.41) is 3.87. The van der Waals surface area contributed by atoms with E-state index in [0.717, 1.165) is 37.9 Å². The third-order valence-electron chi connectivity index (χ3n) is 8.50. The fourth-order valence-electron chi connectivity index (χ4n) is 6.72. The minimum atomic E-state index is -0.0170. The summed E-state index contributed by atoms with van der Waals surface area (Å²) in [5.74, 6) is 0.823. The lowest BCUT2D eigenvalue weighted by Crippen LogP contribution is -2.64. The van der Waals surface area contributed by atoms with Crippen molar-refractivity contribution in [3.63, 3.8) is 0 Å². The van der Waals surface area contributed by atoms with Gasteiger partial charge in [-0.25, -0.2) is 10.2 Å². The Bertz CT molecular complexity index is 1160. The topological polar surface area (TPSA) is 89.6 Å². The lowest BCUT2D eigenvalue weighted by atomic mass is 9.71. The van der Waals surface area contributed by atoms with Crippen molar-refractivity contribution in [2.75, 3.05) is 19.6 Å². The third kappa shape index (κ3) is 4.46. The summed E-state index contributed by atoms with van der Waals surface area (Å²) in [6, 6.07) is 12.1. The smallest absolute Gasteiger partial charge is 0.317 e. The number of rotatable bonds is 3. The van der Waals surface area contributed by atoms with Crippen LogP contribution in [-0.4, -0.2) is 64.5 Å². The van der Waals surface area contributed by atoms with Crippen LogP contribution in [0.3, 0.4) is 0 Å². The van der Waals surface area contributed by atoms with Gasteiger partial charge in [0.2, 0.25) is 0 Å². The summed E-state index contributed by atoms with van der Waals surface area (Å²) in [6.45, 7) is 4.03. The van der Waals surface area contributed by atoms with Gasteiger partial charge in [-0.3, -0.25) is 15.2 Å². The third-order valence-corrected chi connectivity index (χ3v) is 8.73. The van der Waals surface area contributed by atoms with Crippen molar-refractivity contribution < 1.29 is 9.59 Å². The average molecular weight is 509 g/mol. The van der Waals surface area contributed by atoms with E-state index in [4.69, 9.17) is 11.6 Å². The molecule has 6 atom stereocenters. The Morgan fingerprint density at radius 1 is 1.11 bits per heavy atom. The van der Waals surface area contributed by atoms with Crippen molar-refractivity contribution in [1.29, 1.82) is 0 Å². The molecule has 0 radical (unpaired) electrons. The van der Waals surface area contributed by atoms with Crippen molar-refractivity contribution >= 4 is 23.5 Å². The number of carbonyl (C=O) groups excluding carboxylic acids is 2. The maximum atomic E-state index is 13.2. The molecule has 3 aliphatic heterocycles. The van der Waals surface area contributed by atoms with Crippen LogP contribution in [0.1, 0.15) is 53.3 Å². The highest BCUT2D eigenvalue weighted by Gasteiger charge is 2.48. The van der Waals surface area contributed by atoms with Crippen molar-refractivity contribution in [1.82, 2.24) is 31.0 Å². The quantitative estimate of drug-likeness (QED) is 0.592. The molecule has 1 aromatic carbocycles. The van der Waals surface area contributed by atoms with Gasteiger partial charge in [0.15, 0.2) is 0 Å². The van der Waals surface area contributed by atoms with Gasteiger partial charge in [0.25, 0.3) is 5.91 Å². The number of urea groups is 1. The molecule has 6 rings (SSSR count). The molecule has 1 saturated carbocycles. The summed E-state index contributed by atoms with van der Waals surface area (Å²) >= 11 is 6.11. The molecular weight excluding hydrogens is 476 g/mol. The molecule has 3 N–H and O–H groups in total. The minimum absolute atomic E-state index is 0.00372. The van der Waals surface area contributed by atoms with Gasteiger partial charge in [-0.2, -0.15) is 0 Å². The SMILES string of the molecule is Cc1cc(C2NNC3CC4NC(=O)N([C@@H]5CCCN(C(=O)c6cccc(Cl)c6)C5)CC4CC32)ccn1. The van der Waals surface area contributed by atoms with Gasteiger partial charge >= 0.3 is 6.03 Å². The van der Waals surface area contributed by atoms with Crippen LogP contribution < -0.4 is 16.2 Å². The van der Waals surface area contributed by atoms with E-state index < -0.39 is 0 Å². The number of carbonyl (C=O) groups is 2. The zero-order valence-corrected chi connectivity index (χ0v) is 21.2. The fourth-order valence-corrected chi connectivity index (χ4v) is 6.91. The molecule has 1 aliphatic carbocycles. The zero-order chi connectivity index (χ0) is 24.8. The number of hydrazine groups is 1. The van der Waals surface area contributed by atoms with E-state index in [1.807, 2.05) is 22.9 Å². The highest BCUT2D eigenvalue weighted by atomic mass is 35.5. The van der Waals surface area contributed by atoms with Crippen molar-refractivity contribution in [3.8, 4) is 0 Å². The van der Waals surface area contributed by atoms with E-state index >= 15 is 0 Å². The number of hydrogen-bond acceptors (Lipinski definition) is 5. The number of piperidine rings is 1. The van der Waals surface area contributed by atoms with Gasteiger partial charge in [-0.05, 0) is 80.3 Å². The Morgan fingerprint density at radius 3 is 2.83 bits per heavy atom. The van der Waals surface area contributed by atoms with Crippen LogP contribution in [0.4, 0.5) is 4.79 Å². The normalized spacial score (nSPS) is 32.0. The molecule has 190 valence electrons. The van der Waals surface area contributed by atoms with Crippen LogP contribution in [-0.2, 0) is 0 Å². The molecule has 0 spiro atoms. The molecule has 5 unspecified atom stereocenters. The molecule has 3 saturated heterocycles. The Kier molecular flexibility index (Phi) is 6.35. The maximum Gasteiger partial charge on any atom is 0.317 e. The summed E-state index contributed by atoms with van der Waals surface area (Å²) < 4.78 is 0. The van der Waals surface area contributed by atoms with E-state index in [9.17, 15) is 9.59 Å². The second-order valence-electron chi connectivity index (χ2n) is 10.8. The predicted octanol–water partition coefficient (Wildman–Crippen LogP) is 3.29. The maximum absolute atomic E-state index is 13.2. The summed E-state index contributed by atoms with van der Waals surface area (Å²) in [4.78, 5) is 34.6. The first-order chi connectivity index (χ1) is 17.5. The van der Waals surface area contributed by atoms with Gasteiger partial charge in [0, 0.05) is 54.2 Å². The summed E-state index contributed by atoms with van der Waals surface area (Å²) in [6.07, 6.45) is 5.64. The van der Waals surface area contributed by atoms with Crippen LogP contribution >= 0.6 is 11.6 Å². The van der Waals surface area contributed by atoms with Crippen LogP contribution in [0.15, 0.2) is 42.6 Å². The van der Waals surface area contributed by atoms with Gasteiger partial charge in [-0.1, -0.05) is 17.7 Å². The fraction of sp³-hybridized carbons (Fsp3) is 0.519. The number of aromatic nitrogens is 1. The number of halogens is 1. The van der Waals surface area contributed by atoms with Crippen LogP contribution in [0.25, 0.3) is 0 Å². The molecule has 0 bridgehead atoms. The van der Waals surface area contributed by atoms with Crippen molar-refractivity contribution in [2.45, 2.75) is 56.8 Å². The van der Waals surface area contributed by atoms with Crippen molar-refractivity contribution in [3.05, 3.63) is 64.4 Å². The largest absolute Gasteiger partial charge is 0.337 e. The summed E-state index contributed by atoms with van der Waals surface area (Å²) in [5.41, 5.74) is 9.90. The molecular formula is C27H33ClN6O2. The average Bonchev–Trinajstić information content (AvgIpc) is 3.29. The molecule has 2 aromatic rings. The monoisotopic (exact) mass is 508 g/mol. The molecule has 4 fully saturated rings. The lowest BCUT2D eigenvalue weighted by Gasteiger charge is -2.49. The van der Waals surface area contributed by atoms with E-state index in [-0.39, 0.29) is 30.1 Å². The van der Waals surface area contributed by atoms with Crippen LogP contribution in [0.5, 0.6) is 0 Å². The molecule has 3 amide bonds. The number of nitrogens with one attached hydrogen (secondary N) is 3. The van der Waals surface area contributed by atoms with E-state index in [2.05, 4.69) is 33.3 Å². The second-order valence-corrected chi connectivity index (χ2v) is 11.2. The Labute approximate surface area is 216 Å². The molecule has 1 aromatic heterocycles. The number of hydrogen-bond donors (Lipinski definition) is 3.